The van der Waals surface area contributed by atoms with Crippen molar-refractivity contribution in [2.24, 2.45) is 0 Å². The Kier molecular flexibility index (Phi) is 5.93. The maximum absolute atomic E-state index is 12.3. The predicted molar refractivity (Wildman–Crippen MR) is 90.7 cm³/mol. The molecule has 1 N–H and O–H groups in total. The van der Waals surface area contributed by atoms with E-state index in [-0.39, 0.29) is 36.0 Å². The van der Waals surface area contributed by atoms with E-state index in [2.05, 4.69) is 14.9 Å². The van der Waals surface area contributed by atoms with Crippen LogP contribution >= 0.6 is 0 Å². The highest BCUT2D eigenvalue weighted by molar-refractivity contribution is 7.89. The summed E-state index contributed by atoms with van der Waals surface area (Å²) in [6.07, 6.45) is 2.63. The molecule has 0 unspecified atom stereocenters. The number of aromatic nitrogens is 2. The molecule has 0 aromatic carbocycles. The number of nitrogens with one attached hydrogen (secondary N) is 1. The van der Waals surface area contributed by atoms with Gasteiger partial charge < -0.3 is 4.52 Å². The Hall–Kier alpha value is -1.82. The predicted octanol–water partition coefficient (Wildman–Crippen LogP) is 0.427. The molecule has 2 rings (SSSR count). The van der Waals surface area contributed by atoms with Crippen molar-refractivity contribution in [3.8, 4) is 0 Å². The lowest BCUT2D eigenvalue weighted by atomic mass is 10.3. The Morgan fingerprint density at radius 1 is 1.20 bits per heavy atom. The van der Waals surface area contributed by atoms with Gasteiger partial charge in [-0.15, -0.1) is 0 Å². The molecule has 0 aliphatic heterocycles. The number of hydrogen-bond acceptors (Lipinski definition) is 7. The van der Waals surface area contributed by atoms with Crippen LogP contribution in [0.25, 0.3) is 0 Å². The second kappa shape index (κ2) is 7.60. The van der Waals surface area contributed by atoms with E-state index in [0.717, 1.165) is 10.6 Å². The van der Waals surface area contributed by atoms with Crippen molar-refractivity contribution < 1.29 is 21.4 Å². The van der Waals surface area contributed by atoms with Crippen LogP contribution in [0, 0.1) is 13.8 Å². The first-order valence-corrected chi connectivity index (χ1v) is 10.7. The third kappa shape index (κ3) is 5.08. The van der Waals surface area contributed by atoms with Crippen LogP contribution in [0.3, 0.4) is 0 Å². The summed E-state index contributed by atoms with van der Waals surface area (Å²) in [7, 11) is -7.36. The van der Waals surface area contributed by atoms with Gasteiger partial charge in [0.15, 0.2) is 5.76 Å². The summed E-state index contributed by atoms with van der Waals surface area (Å²) in [5, 5.41) is 3.61. The normalized spacial score (nSPS) is 12.6. The molecule has 0 amide bonds. The van der Waals surface area contributed by atoms with Crippen molar-refractivity contribution in [3.63, 3.8) is 0 Å². The van der Waals surface area contributed by atoms with Gasteiger partial charge in [-0.1, -0.05) is 11.2 Å². The Labute approximate surface area is 147 Å². The molecule has 0 bridgehead atoms. The smallest absolute Gasteiger partial charge is 0.246 e. The van der Waals surface area contributed by atoms with Gasteiger partial charge in [0.25, 0.3) is 0 Å². The molecule has 2 aromatic heterocycles. The van der Waals surface area contributed by atoms with E-state index in [0.29, 0.717) is 5.69 Å². The second-order valence-electron chi connectivity index (χ2n) is 5.47. The minimum absolute atomic E-state index is 0.0249. The molecule has 0 spiro atoms. The van der Waals surface area contributed by atoms with Gasteiger partial charge in [0.05, 0.1) is 18.5 Å². The van der Waals surface area contributed by atoms with Gasteiger partial charge >= 0.3 is 0 Å². The van der Waals surface area contributed by atoms with Crippen LogP contribution in [0.4, 0.5) is 0 Å². The number of pyridine rings is 1. The lowest BCUT2D eigenvalue weighted by Crippen LogP contribution is -2.38. The first-order valence-electron chi connectivity index (χ1n) is 7.39. The fourth-order valence-corrected chi connectivity index (χ4v) is 4.41. The summed E-state index contributed by atoms with van der Waals surface area (Å²) in [5.74, 6) is 0.179. The Morgan fingerprint density at radius 3 is 2.44 bits per heavy atom. The average Bonchev–Trinajstić information content (AvgIpc) is 2.86. The molecule has 0 aliphatic rings. The molecule has 0 radical (unpaired) electrons. The van der Waals surface area contributed by atoms with Gasteiger partial charge in [0, 0.05) is 19.3 Å². The quantitative estimate of drug-likeness (QED) is 0.695. The van der Waals surface area contributed by atoms with E-state index in [9.17, 15) is 16.8 Å². The minimum Gasteiger partial charge on any atom is -0.360 e. The van der Waals surface area contributed by atoms with Gasteiger partial charge in [-0.05, 0) is 26.0 Å². The topological polar surface area (TPSA) is 122 Å². The maximum Gasteiger partial charge on any atom is 0.246 e. The number of rotatable bonds is 8. The van der Waals surface area contributed by atoms with Gasteiger partial charge in [-0.25, -0.2) is 21.6 Å². The van der Waals surface area contributed by atoms with Gasteiger partial charge in [-0.2, -0.15) is 4.31 Å². The first kappa shape index (κ1) is 19.5. The fraction of sp³-hybridized carbons (Fsp3) is 0.429. The third-order valence-corrected chi connectivity index (χ3v) is 6.38. The summed E-state index contributed by atoms with van der Waals surface area (Å²) < 4.78 is 56.9. The molecule has 2 heterocycles. The van der Waals surface area contributed by atoms with E-state index >= 15 is 0 Å². The zero-order valence-corrected chi connectivity index (χ0v) is 15.8. The van der Waals surface area contributed by atoms with E-state index in [4.69, 9.17) is 4.52 Å². The van der Waals surface area contributed by atoms with E-state index in [1.165, 1.54) is 13.8 Å². The number of aryl methyl sites for hydroxylation is 2. The standard InChI is InChI=1S/C14H20N4O5S2/c1-11-14(12(2)23-17-11)25(21,22)16-8-9-18(24(3,19)20)10-13-6-4-5-7-15-13/h4-7,16H,8-10H2,1-3H3. The second-order valence-corrected chi connectivity index (χ2v) is 9.15. The van der Waals surface area contributed by atoms with Crippen LogP contribution in [0.2, 0.25) is 0 Å². The minimum atomic E-state index is -3.84. The summed E-state index contributed by atoms with van der Waals surface area (Å²) in [6.45, 7) is 2.96. The van der Waals surface area contributed by atoms with Crippen LogP contribution in [-0.2, 0) is 26.6 Å². The highest BCUT2D eigenvalue weighted by Gasteiger charge is 2.25. The van der Waals surface area contributed by atoms with E-state index < -0.39 is 20.0 Å². The lowest BCUT2D eigenvalue weighted by Gasteiger charge is -2.19. The molecule has 0 atom stereocenters. The number of hydrogen-bond donors (Lipinski definition) is 1. The molecule has 0 saturated heterocycles. The molecule has 0 saturated carbocycles. The Balaban J connectivity index is 2.06. The van der Waals surface area contributed by atoms with Crippen LogP contribution < -0.4 is 4.72 Å². The monoisotopic (exact) mass is 388 g/mol. The molecule has 11 heteroatoms. The molecule has 9 nitrogen and oxygen atoms in total. The largest absolute Gasteiger partial charge is 0.360 e. The van der Waals surface area contributed by atoms with E-state index in [1.54, 1.807) is 24.4 Å². The van der Waals surface area contributed by atoms with Crippen molar-refractivity contribution >= 4 is 20.0 Å². The summed E-state index contributed by atoms with van der Waals surface area (Å²) in [6, 6.07) is 5.18. The highest BCUT2D eigenvalue weighted by Crippen LogP contribution is 2.18. The van der Waals surface area contributed by atoms with Crippen molar-refractivity contribution in [1.82, 2.24) is 19.2 Å². The van der Waals surface area contributed by atoms with Crippen molar-refractivity contribution in [2.45, 2.75) is 25.3 Å². The van der Waals surface area contributed by atoms with E-state index in [1.807, 2.05) is 0 Å². The Morgan fingerprint density at radius 2 is 1.92 bits per heavy atom. The van der Waals surface area contributed by atoms with Crippen molar-refractivity contribution in [1.29, 1.82) is 0 Å². The number of sulfonamides is 2. The fourth-order valence-electron chi connectivity index (χ4n) is 2.27. The molecule has 2 aromatic rings. The van der Waals surface area contributed by atoms with Crippen LogP contribution in [0.5, 0.6) is 0 Å². The molecule has 25 heavy (non-hydrogen) atoms. The summed E-state index contributed by atoms with van der Waals surface area (Å²) >= 11 is 0. The highest BCUT2D eigenvalue weighted by atomic mass is 32.2. The Bertz CT molecular complexity index is 904. The van der Waals surface area contributed by atoms with Crippen LogP contribution in [0.15, 0.2) is 33.8 Å². The van der Waals surface area contributed by atoms with Crippen molar-refractivity contribution in [3.05, 3.63) is 41.5 Å². The van der Waals surface area contributed by atoms with Gasteiger partial charge in [0.1, 0.15) is 10.6 Å². The molecule has 0 aliphatic carbocycles. The summed E-state index contributed by atoms with van der Waals surface area (Å²) in [5.41, 5.74) is 0.819. The zero-order chi connectivity index (χ0) is 18.7. The zero-order valence-electron chi connectivity index (χ0n) is 14.1. The lowest BCUT2D eigenvalue weighted by molar-refractivity contribution is 0.390. The van der Waals surface area contributed by atoms with Crippen LogP contribution in [0.1, 0.15) is 17.1 Å². The van der Waals surface area contributed by atoms with Gasteiger partial charge in [-0.3, -0.25) is 4.98 Å². The number of nitrogens with zero attached hydrogens (tertiary/aromatic N) is 3. The van der Waals surface area contributed by atoms with Crippen molar-refractivity contribution in [2.75, 3.05) is 19.3 Å². The molecular formula is C14H20N4O5S2. The third-order valence-electron chi connectivity index (χ3n) is 3.42. The summed E-state index contributed by atoms with van der Waals surface area (Å²) in [4.78, 5) is 4.06. The molecular weight excluding hydrogens is 368 g/mol. The molecule has 0 fully saturated rings. The maximum atomic E-state index is 12.3. The SMILES string of the molecule is Cc1noc(C)c1S(=O)(=O)NCCN(Cc1ccccn1)S(C)(=O)=O. The average molecular weight is 388 g/mol. The van der Waals surface area contributed by atoms with Crippen LogP contribution in [-0.4, -0.2) is 50.6 Å². The van der Waals surface area contributed by atoms with Gasteiger partial charge in [0.2, 0.25) is 20.0 Å². The molecule has 138 valence electrons. The first-order chi connectivity index (χ1) is 11.6.